The van der Waals surface area contributed by atoms with Gasteiger partial charge in [0, 0.05) is 30.8 Å². The highest BCUT2D eigenvalue weighted by Gasteiger charge is 2.42. The molecule has 0 aliphatic heterocycles. The lowest BCUT2D eigenvalue weighted by molar-refractivity contribution is -0.119. The Morgan fingerprint density at radius 3 is 1.91 bits per heavy atom. The summed E-state index contributed by atoms with van der Waals surface area (Å²) in [6.45, 7) is 23.5. The lowest BCUT2D eigenvalue weighted by Crippen LogP contribution is -2.45. The summed E-state index contributed by atoms with van der Waals surface area (Å²) < 4.78 is 18.9. The maximum atomic E-state index is 6.41. The van der Waals surface area contributed by atoms with Crippen LogP contribution < -0.4 is 11.5 Å². The number of hydrogen-bond acceptors (Lipinski definition) is 6. The van der Waals surface area contributed by atoms with Gasteiger partial charge in [-0.1, -0.05) is 20.8 Å². The predicted molar refractivity (Wildman–Crippen MR) is 141 cm³/mol. The molecule has 0 saturated heterocycles. The Morgan fingerprint density at radius 1 is 0.844 bits per heavy atom. The minimum Gasteiger partial charge on any atom is -0.378 e. The summed E-state index contributed by atoms with van der Waals surface area (Å²) in [7, 11) is 0. The molecule has 0 aliphatic carbocycles. The fourth-order valence-electron chi connectivity index (χ4n) is 4.18. The van der Waals surface area contributed by atoms with Gasteiger partial charge in [0.2, 0.25) is 0 Å². The van der Waals surface area contributed by atoms with E-state index in [2.05, 4.69) is 61.1 Å². The molecule has 0 bridgehead atoms. The van der Waals surface area contributed by atoms with Crippen LogP contribution >= 0.6 is 12.6 Å². The van der Waals surface area contributed by atoms with Gasteiger partial charge in [-0.15, -0.1) is 0 Å². The lowest BCUT2D eigenvalue weighted by atomic mass is 9.69. The van der Waals surface area contributed by atoms with E-state index in [1.807, 2.05) is 20.8 Å². The number of thiol groups is 1. The van der Waals surface area contributed by atoms with Crippen LogP contribution in [0.2, 0.25) is 0 Å². The quantitative estimate of drug-likeness (QED) is 0.169. The largest absolute Gasteiger partial charge is 0.378 e. The van der Waals surface area contributed by atoms with Crippen molar-refractivity contribution in [2.45, 2.75) is 136 Å². The molecule has 6 heteroatoms. The van der Waals surface area contributed by atoms with Crippen LogP contribution in [0.5, 0.6) is 0 Å². The maximum absolute atomic E-state index is 6.41. The van der Waals surface area contributed by atoms with E-state index in [-0.39, 0.29) is 28.8 Å². The van der Waals surface area contributed by atoms with Crippen LogP contribution in [0.25, 0.3) is 0 Å². The van der Waals surface area contributed by atoms with Crippen LogP contribution in [-0.4, -0.2) is 48.0 Å². The second kappa shape index (κ2) is 13.9. The second-order valence-corrected chi connectivity index (χ2v) is 12.9. The first-order valence-electron chi connectivity index (χ1n) is 12.6. The number of nitrogens with two attached hydrogens (primary N) is 2. The molecule has 0 amide bonds. The zero-order valence-electron chi connectivity index (χ0n) is 22.9. The molecule has 4 unspecified atom stereocenters. The van der Waals surface area contributed by atoms with Gasteiger partial charge >= 0.3 is 0 Å². The average molecular weight is 477 g/mol. The molecule has 0 aromatic rings. The summed E-state index contributed by atoms with van der Waals surface area (Å²) in [5, 5.41) is 0. The van der Waals surface area contributed by atoms with Crippen molar-refractivity contribution in [2.75, 3.05) is 19.8 Å². The Balaban J connectivity index is 5.35. The van der Waals surface area contributed by atoms with Gasteiger partial charge in [0.15, 0.2) is 0 Å². The highest BCUT2D eigenvalue weighted by molar-refractivity contribution is 7.81. The number of rotatable bonds is 18. The van der Waals surface area contributed by atoms with Gasteiger partial charge in [-0.2, -0.15) is 12.6 Å². The molecule has 194 valence electrons. The fourth-order valence-corrected chi connectivity index (χ4v) is 4.27. The first kappa shape index (κ1) is 32.1. The minimum atomic E-state index is -0.524. The van der Waals surface area contributed by atoms with Crippen LogP contribution in [0.1, 0.15) is 108 Å². The summed E-state index contributed by atoms with van der Waals surface area (Å²) in [5.41, 5.74) is 11.6. The Kier molecular flexibility index (Phi) is 14.0. The van der Waals surface area contributed by atoms with Gasteiger partial charge in [-0.3, -0.25) is 0 Å². The van der Waals surface area contributed by atoms with E-state index in [0.29, 0.717) is 25.6 Å². The van der Waals surface area contributed by atoms with Crippen LogP contribution in [0, 0.1) is 11.3 Å². The molecule has 0 aromatic heterocycles. The third-order valence-electron chi connectivity index (χ3n) is 6.35. The molecule has 0 fully saturated rings. The van der Waals surface area contributed by atoms with Crippen molar-refractivity contribution in [1.82, 2.24) is 0 Å². The van der Waals surface area contributed by atoms with E-state index < -0.39 is 4.87 Å². The summed E-state index contributed by atoms with van der Waals surface area (Å²) in [6, 6.07) is 0. The van der Waals surface area contributed by atoms with Crippen molar-refractivity contribution < 1.29 is 14.2 Å². The van der Waals surface area contributed by atoms with Gasteiger partial charge in [0.1, 0.15) is 0 Å². The van der Waals surface area contributed by atoms with Gasteiger partial charge in [-0.25, -0.2) is 0 Å². The molecule has 0 aromatic carbocycles. The normalized spacial score (nSPS) is 18.9. The average Bonchev–Trinajstić information content (AvgIpc) is 2.57. The topological polar surface area (TPSA) is 79.7 Å². The molecule has 32 heavy (non-hydrogen) atoms. The van der Waals surface area contributed by atoms with Gasteiger partial charge in [0.05, 0.1) is 22.7 Å². The van der Waals surface area contributed by atoms with Crippen molar-refractivity contribution in [3.63, 3.8) is 0 Å². The summed E-state index contributed by atoms with van der Waals surface area (Å²) >= 11 is 4.43. The van der Waals surface area contributed by atoms with Crippen LogP contribution in [-0.2, 0) is 14.2 Å². The van der Waals surface area contributed by atoms with E-state index in [1.165, 1.54) is 0 Å². The first-order valence-corrected chi connectivity index (χ1v) is 13.0. The monoisotopic (exact) mass is 476 g/mol. The molecular formula is C26H56N2O3S. The van der Waals surface area contributed by atoms with Gasteiger partial charge in [0.25, 0.3) is 0 Å². The molecular weight excluding hydrogens is 420 g/mol. The zero-order chi connectivity index (χ0) is 25.2. The van der Waals surface area contributed by atoms with Gasteiger partial charge < -0.3 is 25.7 Å². The standard InChI is InChI=1S/C26H56N2O3S/c1-11-26(22(5)30-15-12-20(2)3,18-21(4)29-16-13-23(6,7)27)19-24(8,9)31-17-14-25(10,28)32/h20-22,32H,11-19,27-28H2,1-10H3. The van der Waals surface area contributed by atoms with Gasteiger partial charge in [-0.05, 0) is 92.9 Å². The number of hydrogen-bond donors (Lipinski definition) is 3. The molecule has 0 aliphatic rings. The third kappa shape index (κ3) is 15.1. The van der Waals surface area contributed by atoms with Crippen molar-refractivity contribution in [3.05, 3.63) is 0 Å². The molecule has 0 spiro atoms. The number of ether oxygens (including phenoxy) is 3. The van der Waals surface area contributed by atoms with E-state index in [1.54, 1.807) is 0 Å². The lowest BCUT2D eigenvalue weighted by Gasteiger charge is -2.45. The van der Waals surface area contributed by atoms with Crippen molar-refractivity contribution >= 4 is 12.6 Å². The smallest absolute Gasteiger partial charge is 0.0632 e. The Hall–Kier alpha value is 0.150. The predicted octanol–water partition coefficient (Wildman–Crippen LogP) is 5.94. The van der Waals surface area contributed by atoms with E-state index in [0.717, 1.165) is 38.7 Å². The second-order valence-electron chi connectivity index (χ2n) is 11.9. The SMILES string of the molecule is CCC(CC(C)OCCC(C)(C)N)(CC(C)(C)OCCC(C)(N)S)C(C)OCCC(C)C. The highest BCUT2D eigenvalue weighted by Crippen LogP contribution is 2.43. The zero-order valence-corrected chi connectivity index (χ0v) is 23.8. The Labute approximate surface area is 205 Å². The minimum absolute atomic E-state index is 0.0505. The Morgan fingerprint density at radius 2 is 1.44 bits per heavy atom. The van der Waals surface area contributed by atoms with Crippen molar-refractivity contribution in [1.29, 1.82) is 0 Å². The summed E-state index contributed by atoms with van der Waals surface area (Å²) in [4.78, 5) is -0.524. The van der Waals surface area contributed by atoms with E-state index in [4.69, 9.17) is 25.7 Å². The highest BCUT2D eigenvalue weighted by atomic mass is 32.1. The summed E-state index contributed by atoms with van der Waals surface area (Å²) in [6.07, 6.45) is 5.65. The van der Waals surface area contributed by atoms with E-state index in [9.17, 15) is 0 Å². The molecule has 0 saturated carbocycles. The fraction of sp³-hybridized carbons (Fsp3) is 1.00. The first-order chi connectivity index (χ1) is 14.4. The van der Waals surface area contributed by atoms with Crippen LogP contribution in [0.3, 0.4) is 0 Å². The third-order valence-corrected chi connectivity index (χ3v) is 6.57. The Bertz CT molecular complexity index is 500. The van der Waals surface area contributed by atoms with Crippen LogP contribution in [0.4, 0.5) is 0 Å². The molecule has 4 N–H and O–H groups in total. The van der Waals surface area contributed by atoms with Crippen LogP contribution in [0.15, 0.2) is 0 Å². The van der Waals surface area contributed by atoms with Crippen molar-refractivity contribution in [3.8, 4) is 0 Å². The molecule has 4 atom stereocenters. The molecule has 5 nitrogen and oxygen atoms in total. The van der Waals surface area contributed by atoms with Crippen molar-refractivity contribution in [2.24, 2.45) is 22.8 Å². The molecule has 0 heterocycles. The van der Waals surface area contributed by atoms with E-state index >= 15 is 0 Å². The molecule has 0 radical (unpaired) electrons. The molecule has 0 rings (SSSR count). The maximum Gasteiger partial charge on any atom is 0.0632 e. The summed E-state index contributed by atoms with van der Waals surface area (Å²) in [5.74, 6) is 0.631.